The quantitative estimate of drug-likeness (QED) is 0.890. The lowest BCUT2D eigenvalue weighted by Crippen LogP contribution is -2.13. The predicted octanol–water partition coefficient (Wildman–Crippen LogP) is 2.69. The van der Waals surface area contributed by atoms with Crippen molar-refractivity contribution in [2.75, 3.05) is 12.1 Å². The molecule has 0 radical (unpaired) electrons. The number of amides is 1. The molecule has 1 aromatic heterocycles. The van der Waals surface area contributed by atoms with Crippen LogP contribution in [0.15, 0.2) is 24.3 Å². The van der Waals surface area contributed by atoms with Gasteiger partial charge in [-0.1, -0.05) is 20.8 Å². The summed E-state index contributed by atoms with van der Waals surface area (Å²) in [5, 5.41) is 9.75. The highest BCUT2D eigenvalue weighted by Crippen LogP contribution is 2.34. The Hall–Kier alpha value is -2.50. The molecule has 21 heavy (non-hydrogen) atoms. The predicted molar refractivity (Wildman–Crippen MR) is 77.8 cm³/mol. The molecule has 1 amide bonds. The van der Waals surface area contributed by atoms with Gasteiger partial charge in [-0.3, -0.25) is 9.89 Å². The van der Waals surface area contributed by atoms with Crippen molar-refractivity contribution in [3.63, 3.8) is 0 Å². The first kappa shape index (κ1) is 13.5. The molecule has 2 aromatic rings. The highest BCUT2D eigenvalue weighted by atomic mass is 16.7. The number of fused-ring (bicyclic) bond motifs is 1. The van der Waals surface area contributed by atoms with E-state index >= 15 is 0 Å². The van der Waals surface area contributed by atoms with Gasteiger partial charge >= 0.3 is 0 Å². The summed E-state index contributed by atoms with van der Waals surface area (Å²) in [6.45, 7) is 6.38. The summed E-state index contributed by atoms with van der Waals surface area (Å²) in [4.78, 5) is 12.2. The normalized spacial score (nSPS) is 13.3. The van der Waals surface area contributed by atoms with Crippen LogP contribution in [0.2, 0.25) is 0 Å². The second-order valence-electron chi connectivity index (χ2n) is 5.94. The number of aromatic amines is 1. The van der Waals surface area contributed by atoms with E-state index in [1.165, 1.54) is 0 Å². The molecule has 0 aliphatic carbocycles. The van der Waals surface area contributed by atoms with E-state index in [9.17, 15) is 4.79 Å². The van der Waals surface area contributed by atoms with Crippen LogP contribution in [0.4, 0.5) is 5.69 Å². The summed E-state index contributed by atoms with van der Waals surface area (Å²) in [6, 6.07) is 7.03. The van der Waals surface area contributed by atoms with Gasteiger partial charge in [0.05, 0.1) is 0 Å². The molecule has 1 aliphatic heterocycles. The van der Waals surface area contributed by atoms with Crippen LogP contribution in [0.3, 0.4) is 0 Å². The molecular weight excluding hydrogens is 270 g/mol. The Kier molecular flexibility index (Phi) is 3.08. The topological polar surface area (TPSA) is 76.2 Å². The average Bonchev–Trinajstić information content (AvgIpc) is 3.06. The second kappa shape index (κ2) is 4.80. The van der Waals surface area contributed by atoms with Crippen molar-refractivity contribution in [2.24, 2.45) is 0 Å². The molecule has 6 nitrogen and oxygen atoms in total. The summed E-state index contributed by atoms with van der Waals surface area (Å²) >= 11 is 0. The molecule has 3 rings (SSSR count). The minimum absolute atomic E-state index is 0.0791. The van der Waals surface area contributed by atoms with E-state index < -0.39 is 0 Å². The van der Waals surface area contributed by atoms with Gasteiger partial charge in [-0.05, 0) is 18.2 Å². The molecule has 0 bridgehead atoms. The van der Waals surface area contributed by atoms with Crippen molar-refractivity contribution in [1.82, 2.24) is 10.2 Å². The number of aromatic nitrogens is 2. The van der Waals surface area contributed by atoms with Crippen molar-refractivity contribution in [3.8, 4) is 11.5 Å². The number of hydrogen-bond acceptors (Lipinski definition) is 4. The Morgan fingerprint density at radius 1 is 1.24 bits per heavy atom. The third-order valence-corrected chi connectivity index (χ3v) is 3.25. The van der Waals surface area contributed by atoms with E-state index in [2.05, 4.69) is 36.3 Å². The van der Waals surface area contributed by atoms with E-state index in [4.69, 9.17) is 9.47 Å². The zero-order valence-electron chi connectivity index (χ0n) is 12.2. The maximum absolute atomic E-state index is 12.2. The number of ether oxygens (including phenoxy) is 2. The van der Waals surface area contributed by atoms with Gasteiger partial charge in [-0.25, -0.2) is 0 Å². The minimum Gasteiger partial charge on any atom is -0.454 e. The third kappa shape index (κ3) is 2.69. The number of rotatable bonds is 2. The molecule has 0 spiro atoms. The van der Waals surface area contributed by atoms with Gasteiger partial charge in [0.25, 0.3) is 5.91 Å². The van der Waals surface area contributed by atoms with Gasteiger partial charge in [0.1, 0.15) is 0 Å². The minimum atomic E-state index is -0.263. The Bertz CT molecular complexity index is 686. The highest BCUT2D eigenvalue weighted by molar-refractivity contribution is 6.03. The van der Waals surface area contributed by atoms with Crippen LogP contribution in [-0.2, 0) is 5.41 Å². The fraction of sp³-hybridized carbons (Fsp3) is 0.333. The second-order valence-corrected chi connectivity index (χ2v) is 5.94. The Morgan fingerprint density at radius 2 is 2.00 bits per heavy atom. The summed E-state index contributed by atoms with van der Waals surface area (Å²) in [6.07, 6.45) is 0. The lowest BCUT2D eigenvalue weighted by Gasteiger charge is -2.14. The van der Waals surface area contributed by atoms with E-state index in [0.717, 1.165) is 5.69 Å². The Balaban J connectivity index is 1.76. The Labute approximate surface area is 122 Å². The maximum atomic E-state index is 12.2. The Morgan fingerprint density at radius 3 is 2.71 bits per heavy atom. The van der Waals surface area contributed by atoms with Crippen molar-refractivity contribution in [1.29, 1.82) is 0 Å². The van der Waals surface area contributed by atoms with Gasteiger partial charge in [0.15, 0.2) is 17.2 Å². The number of nitrogens with one attached hydrogen (secondary N) is 2. The standard InChI is InChI=1S/C15H17N3O3/c1-15(2,3)13-7-10(17-18-13)14(19)16-9-4-5-11-12(6-9)21-8-20-11/h4-7H,8H2,1-3H3,(H,16,19)(H,17,18). The molecule has 2 N–H and O–H groups in total. The molecule has 0 atom stereocenters. The third-order valence-electron chi connectivity index (χ3n) is 3.25. The SMILES string of the molecule is CC(C)(C)c1cc(C(=O)Nc2ccc3c(c2)OCO3)n[nH]1. The molecule has 1 aliphatic rings. The summed E-state index contributed by atoms with van der Waals surface area (Å²) in [5.74, 6) is 1.05. The van der Waals surface area contributed by atoms with Crippen LogP contribution in [-0.4, -0.2) is 22.9 Å². The van der Waals surface area contributed by atoms with Crippen LogP contribution < -0.4 is 14.8 Å². The van der Waals surface area contributed by atoms with E-state index in [1.54, 1.807) is 24.3 Å². The molecule has 110 valence electrons. The fourth-order valence-corrected chi connectivity index (χ4v) is 1.99. The van der Waals surface area contributed by atoms with Gasteiger partial charge < -0.3 is 14.8 Å². The van der Waals surface area contributed by atoms with Crippen LogP contribution >= 0.6 is 0 Å². The average molecular weight is 287 g/mol. The van der Waals surface area contributed by atoms with Gasteiger partial charge in [0, 0.05) is 22.9 Å². The van der Waals surface area contributed by atoms with Gasteiger partial charge in [-0.15, -0.1) is 0 Å². The summed E-state index contributed by atoms with van der Waals surface area (Å²) < 4.78 is 10.5. The van der Waals surface area contributed by atoms with Crippen LogP contribution in [0.5, 0.6) is 11.5 Å². The first-order valence-electron chi connectivity index (χ1n) is 6.70. The highest BCUT2D eigenvalue weighted by Gasteiger charge is 2.20. The number of nitrogens with zero attached hydrogens (tertiary/aromatic N) is 1. The molecular formula is C15H17N3O3. The van der Waals surface area contributed by atoms with Crippen LogP contribution in [0, 0.1) is 0 Å². The zero-order chi connectivity index (χ0) is 15.0. The maximum Gasteiger partial charge on any atom is 0.276 e. The van der Waals surface area contributed by atoms with E-state index in [0.29, 0.717) is 22.9 Å². The molecule has 0 unspecified atom stereocenters. The number of benzene rings is 1. The largest absolute Gasteiger partial charge is 0.454 e. The molecule has 0 saturated heterocycles. The fourth-order valence-electron chi connectivity index (χ4n) is 1.99. The molecule has 1 aromatic carbocycles. The lowest BCUT2D eigenvalue weighted by molar-refractivity contribution is 0.102. The van der Waals surface area contributed by atoms with Crippen molar-refractivity contribution >= 4 is 11.6 Å². The van der Waals surface area contributed by atoms with Crippen molar-refractivity contribution in [2.45, 2.75) is 26.2 Å². The molecule has 0 fully saturated rings. The van der Waals surface area contributed by atoms with E-state index in [1.807, 2.05) is 0 Å². The summed E-state index contributed by atoms with van der Waals surface area (Å²) in [7, 11) is 0. The number of hydrogen-bond donors (Lipinski definition) is 2. The van der Waals surface area contributed by atoms with E-state index in [-0.39, 0.29) is 18.1 Å². The molecule has 6 heteroatoms. The van der Waals surface area contributed by atoms with Gasteiger partial charge in [0.2, 0.25) is 6.79 Å². The molecule has 0 saturated carbocycles. The molecule has 2 heterocycles. The first-order valence-corrected chi connectivity index (χ1v) is 6.70. The number of anilines is 1. The smallest absolute Gasteiger partial charge is 0.276 e. The van der Waals surface area contributed by atoms with Crippen molar-refractivity contribution < 1.29 is 14.3 Å². The zero-order valence-corrected chi connectivity index (χ0v) is 12.2. The number of H-pyrrole nitrogens is 1. The van der Waals surface area contributed by atoms with Crippen LogP contribution in [0.25, 0.3) is 0 Å². The van der Waals surface area contributed by atoms with Gasteiger partial charge in [-0.2, -0.15) is 5.10 Å². The monoisotopic (exact) mass is 287 g/mol. The lowest BCUT2D eigenvalue weighted by atomic mass is 9.92. The first-order chi connectivity index (χ1) is 9.93. The number of carbonyl (C=O) groups excluding carboxylic acids is 1. The van der Waals surface area contributed by atoms with Crippen molar-refractivity contribution in [3.05, 3.63) is 35.7 Å². The summed E-state index contributed by atoms with van der Waals surface area (Å²) in [5.41, 5.74) is 1.84. The van der Waals surface area contributed by atoms with Crippen LogP contribution in [0.1, 0.15) is 37.0 Å². The number of carbonyl (C=O) groups is 1.